The Morgan fingerprint density at radius 3 is 2.75 bits per heavy atom. The summed E-state index contributed by atoms with van der Waals surface area (Å²) in [6, 6.07) is 7.57. The summed E-state index contributed by atoms with van der Waals surface area (Å²) < 4.78 is 5.36. The van der Waals surface area contributed by atoms with E-state index in [1.165, 1.54) is 17.4 Å². The van der Waals surface area contributed by atoms with Gasteiger partial charge in [0, 0.05) is 11.5 Å². The molecular weight excluding hydrogens is 272 g/mol. The number of amides is 1. The molecule has 20 heavy (non-hydrogen) atoms. The highest BCUT2D eigenvalue weighted by atomic mass is 32.1. The Morgan fingerprint density at radius 2 is 2.15 bits per heavy atom. The van der Waals surface area contributed by atoms with E-state index in [2.05, 4.69) is 10.3 Å². The van der Waals surface area contributed by atoms with Crippen molar-refractivity contribution < 1.29 is 9.53 Å². The van der Waals surface area contributed by atoms with Crippen LogP contribution in [0, 0.1) is 6.92 Å². The van der Waals surface area contributed by atoms with E-state index in [4.69, 9.17) is 4.74 Å². The highest BCUT2D eigenvalue weighted by Gasteiger charge is 2.01. The Bertz CT molecular complexity index is 603. The second-order valence-corrected chi connectivity index (χ2v) is 4.98. The Morgan fingerprint density at radius 1 is 1.40 bits per heavy atom. The van der Waals surface area contributed by atoms with Crippen LogP contribution in [0.15, 0.2) is 35.7 Å². The van der Waals surface area contributed by atoms with Gasteiger partial charge in [0.05, 0.1) is 12.3 Å². The van der Waals surface area contributed by atoms with Crippen LogP contribution in [0.3, 0.4) is 0 Å². The summed E-state index contributed by atoms with van der Waals surface area (Å²) in [5.74, 6) is 0.639. The third-order valence-corrected chi connectivity index (χ3v) is 3.34. The lowest BCUT2D eigenvalue weighted by atomic mass is 10.2. The molecule has 0 aliphatic rings. The average Bonchev–Trinajstić information content (AvgIpc) is 2.84. The minimum Gasteiger partial charge on any atom is -0.494 e. The molecule has 1 aromatic heterocycles. The van der Waals surface area contributed by atoms with Gasteiger partial charge < -0.3 is 4.74 Å². The van der Waals surface area contributed by atoms with Gasteiger partial charge in [-0.05, 0) is 37.6 Å². The fraction of sp³-hybridized carbons (Fsp3) is 0.200. The van der Waals surface area contributed by atoms with Crippen molar-refractivity contribution in [3.8, 4) is 5.75 Å². The lowest BCUT2D eigenvalue weighted by Crippen LogP contribution is -2.07. The summed E-state index contributed by atoms with van der Waals surface area (Å²) in [4.78, 5) is 15.9. The van der Waals surface area contributed by atoms with E-state index in [1.807, 2.05) is 43.5 Å². The summed E-state index contributed by atoms with van der Waals surface area (Å²) in [5.41, 5.74) is 1.85. The first kappa shape index (κ1) is 14.3. The van der Waals surface area contributed by atoms with Gasteiger partial charge in [-0.2, -0.15) is 0 Å². The van der Waals surface area contributed by atoms with E-state index in [0.29, 0.717) is 11.7 Å². The highest BCUT2D eigenvalue weighted by Crippen LogP contribution is 2.15. The van der Waals surface area contributed by atoms with Gasteiger partial charge in [-0.25, -0.2) is 4.98 Å². The number of thiazole rings is 1. The number of rotatable bonds is 5. The van der Waals surface area contributed by atoms with Gasteiger partial charge in [0.25, 0.3) is 0 Å². The minimum absolute atomic E-state index is 0.187. The summed E-state index contributed by atoms with van der Waals surface area (Å²) in [6.45, 7) is 4.48. The van der Waals surface area contributed by atoms with Crippen LogP contribution in [-0.4, -0.2) is 17.5 Å². The third-order valence-electron chi connectivity index (χ3n) is 2.47. The van der Waals surface area contributed by atoms with Crippen LogP contribution in [0.25, 0.3) is 6.08 Å². The maximum atomic E-state index is 11.7. The van der Waals surface area contributed by atoms with Gasteiger partial charge in [-0.1, -0.05) is 12.1 Å². The topological polar surface area (TPSA) is 51.2 Å². The number of ether oxygens (including phenoxy) is 1. The molecule has 0 saturated heterocycles. The van der Waals surface area contributed by atoms with Crippen molar-refractivity contribution in [3.05, 3.63) is 47.0 Å². The SMILES string of the molecule is CCOc1ccc(C=CC(=O)Nc2nc(C)cs2)cc1. The van der Waals surface area contributed by atoms with E-state index in [9.17, 15) is 4.79 Å². The van der Waals surface area contributed by atoms with Gasteiger partial charge in [-0.3, -0.25) is 10.1 Å². The normalized spacial score (nSPS) is 10.7. The van der Waals surface area contributed by atoms with E-state index in [0.717, 1.165) is 17.0 Å². The molecule has 0 radical (unpaired) electrons. The van der Waals surface area contributed by atoms with Crippen molar-refractivity contribution in [2.45, 2.75) is 13.8 Å². The molecule has 0 spiro atoms. The number of aryl methyl sites for hydroxylation is 1. The molecule has 0 unspecified atom stereocenters. The van der Waals surface area contributed by atoms with Gasteiger partial charge in [0.2, 0.25) is 5.91 Å². The molecule has 4 nitrogen and oxygen atoms in total. The van der Waals surface area contributed by atoms with Gasteiger partial charge in [-0.15, -0.1) is 11.3 Å². The summed E-state index contributed by atoms with van der Waals surface area (Å²) >= 11 is 1.41. The van der Waals surface area contributed by atoms with Gasteiger partial charge >= 0.3 is 0 Å². The van der Waals surface area contributed by atoms with Crippen LogP contribution < -0.4 is 10.1 Å². The largest absolute Gasteiger partial charge is 0.494 e. The lowest BCUT2D eigenvalue weighted by Gasteiger charge is -2.02. The predicted molar refractivity (Wildman–Crippen MR) is 82.1 cm³/mol. The number of hydrogen-bond acceptors (Lipinski definition) is 4. The first-order chi connectivity index (χ1) is 9.67. The number of carbonyl (C=O) groups excluding carboxylic acids is 1. The first-order valence-corrected chi connectivity index (χ1v) is 7.19. The fourth-order valence-electron chi connectivity index (χ4n) is 1.57. The van der Waals surface area contributed by atoms with Crippen LogP contribution in [0.2, 0.25) is 0 Å². The Balaban J connectivity index is 1.93. The number of benzene rings is 1. The monoisotopic (exact) mass is 288 g/mol. The quantitative estimate of drug-likeness (QED) is 0.857. The number of nitrogens with one attached hydrogen (secondary N) is 1. The second-order valence-electron chi connectivity index (χ2n) is 4.12. The fourth-order valence-corrected chi connectivity index (χ4v) is 2.26. The molecule has 0 bridgehead atoms. The number of nitrogens with zero attached hydrogens (tertiary/aromatic N) is 1. The molecule has 1 aromatic carbocycles. The first-order valence-electron chi connectivity index (χ1n) is 6.31. The average molecular weight is 288 g/mol. The summed E-state index contributed by atoms with van der Waals surface area (Å²) in [7, 11) is 0. The molecule has 0 aliphatic heterocycles. The molecular formula is C15H16N2O2S. The van der Waals surface area contributed by atoms with Crippen molar-refractivity contribution in [1.29, 1.82) is 0 Å². The Labute approximate surface area is 122 Å². The summed E-state index contributed by atoms with van der Waals surface area (Å²) in [5, 5.41) is 5.23. The lowest BCUT2D eigenvalue weighted by molar-refractivity contribution is -0.111. The smallest absolute Gasteiger partial charge is 0.250 e. The molecule has 0 aliphatic carbocycles. The second kappa shape index (κ2) is 6.86. The molecule has 5 heteroatoms. The highest BCUT2D eigenvalue weighted by molar-refractivity contribution is 7.13. The zero-order valence-electron chi connectivity index (χ0n) is 11.4. The van der Waals surface area contributed by atoms with Crippen molar-refractivity contribution in [1.82, 2.24) is 4.98 Å². The van der Waals surface area contributed by atoms with Crippen LogP contribution in [0.4, 0.5) is 5.13 Å². The van der Waals surface area contributed by atoms with Crippen molar-refractivity contribution in [2.75, 3.05) is 11.9 Å². The van der Waals surface area contributed by atoms with Crippen LogP contribution >= 0.6 is 11.3 Å². The van der Waals surface area contributed by atoms with Crippen LogP contribution in [-0.2, 0) is 4.79 Å². The van der Waals surface area contributed by atoms with Crippen LogP contribution in [0.1, 0.15) is 18.2 Å². The molecule has 104 valence electrons. The number of anilines is 1. The molecule has 2 aromatic rings. The molecule has 0 fully saturated rings. The molecule has 2 rings (SSSR count). The number of aromatic nitrogens is 1. The molecule has 0 saturated carbocycles. The maximum Gasteiger partial charge on any atom is 0.250 e. The Hall–Kier alpha value is -2.14. The van der Waals surface area contributed by atoms with Crippen LogP contribution in [0.5, 0.6) is 5.75 Å². The molecule has 1 amide bonds. The van der Waals surface area contributed by atoms with E-state index in [1.54, 1.807) is 6.08 Å². The van der Waals surface area contributed by atoms with Gasteiger partial charge in [0.1, 0.15) is 5.75 Å². The van der Waals surface area contributed by atoms with Crippen molar-refractivity contribution >= 4 is 28.5 Å². The van der Waals surface area contributed by atoms with Gasteiger partial charge in [0.15, 0.2) is 5.13 Å². The van der Waals surface area contributed by atoms with Crippen molar-refractivity contribution in [2.24, 2.45) is 0 Å². The zero-order chi connectivity index (χ0) is 14.4. The summed E-state index contributed by atoms with van der Waals surface area (Å²) in [6.07, 6.45) is 3.25. The third kappa shape index (κ3) is 4.20. The predicted octanol–water partition coefficient (Wildman–Crippen LogP) is 3.50. The zero-order valence-corrected chi connectivity index (χ0v) is 12.2. The molecule has 0 atom stereocenters. The number of carbonyl (C=O) groups is 1. The molecule has 1 heterocycles. The number of hydrogen-bond donors (Lipinski definition) is 1. The Kier molecular flexibility index (Phi) is 4.90. The standard InChI is InChI=1S/C15H16N2O2S/c1-3-19-13-7-4-12(5-8-13)6-9-14(18)17-15-16-11(2)10-20-15/h4-10H,3H2,1-2H3,(H,16,17,18). The van der Waals surface area contributed by atoms with Crippen molar-refractivity contribution in [3.63, 3.8) is 0 Å². The van der Waals surface area contributed by atoms with E-state index < -0.39 is 0 Å². The van der Waals surface area contributed by atoms with E-state index >= 15 is 0 Å². The maximum absolute atomic E-state index is 11.7. The minimum atomic E-state index is -0.187. The van der Waals surface area contributed by atoms with E-state index in [-0.39, 0.29) is 5.91 Å². The molecule has 1 N–H and O–H groups in total.